The fourth-order valence-corrected chi connectivity index (χ4v) is 3.07. The molecule has 0 unspecified atom stereocenters. The maximum Gasteiger partial charge on any atom is 0.273 e. The van der Waals surface area contributed by atoms with Gasteiger partial charge in [0.2, 0.25) is 5.03 Å². The molecule has 14 heavy (non-hydrogen) atoms. The number of rotatable bonds is 3. The van der Waals surface area contributed by atoms with E-state index in [2.05, 4.69) is 31.1 Å². The minimum atomic E-state index is -3.61. The van der Waals surface area contributed by atoms with Gasteiger partial charge in [-0.3, -0.25) is 0 Å². The van der Waals surface area contributed by atoms with Gasteiger partial charge in [0, 0.05) is 21.1 Å². The Labute approximate surface area is 90.2 Å². The first-order valence-corrected chi connectivity index (χ1v) is 5.87. The minimum absolute atomic E-state index is 0.00815. The number of nitrogens with one attached hydrogen (secondary N) is 1. The molecule has 0 atom stereocenters. The average molecular weight is 284 g/mol. The van der Waals surface area contributed by atoms with Gasteiger partial charge in [-0.05, 0) is 15.9 Å². The molecule has 1 N–H and O–H groups in total. The first-order chi connectivity index (χ1) is 6.34. The fourth-order valence-electron chi connectivity index (χ4n) is 0.892. The van der Waals surface area contributed by atoms with Gasteiger partial charge in [-0.25, -0.2) is 18.1 Å². The molecule has 0 fully saturated rings. The molecule has 0 radical (unpaired) electrons. The number of sulfonamides is 1. The topological polar surface area (TPSA) is 80.1 Å². The van der Waals surface area contributed by atoms with E-state index < -0.39 is 10.0 Å². The Bertz CT molecular complexity index is 406. The van der Waals surface area contributed by atoms with E-state index in [9.17, 15) is 8.42 Å². The van der Waals surface area contributed by atoms with E-state index in [4.69, 9.17) is 0 Å². The molecule has 0 amide bonds. The molecule has 0 aromatic carbocycles. The summed E-state index contributed by atoms with van der Waals surface area (Å²) in [5, 5.41) is 8.47. The summed E-state index contributed by atoms with van der Waals surface area (Å²) in [5.74, 6) is 0. The molecule has 0 aliphatic carbocycles. The molecule has 0 saturated carbocycles. The summed E-state index contributed by atoms with van der Waals surface area (Å²) in [6, 6.07) is 0. The van der Waals surface area contributed by atoms with Gasteiger partial charge >= 0.3 is 0 Å². The van der Waals surface area contributed by atoms with Crippen molar-refractivity contribution in [2.24, 2.45) is 7.05 Å². The van der Waals surface area contributed by atoms with Crippen LogP contribution >= 0.6 is 15.9 Å². The van der Waals surface area contributed by atoms with Crippen LogP contribution in [0.15, 0.2) is 9.63 Å². The van der Waals surface area contributed by atoms with Gasteiger partial charge in [0.25, 0.3) is 10.0 Å². The normalized spacial score (nSPS) is 12.4. The van der Waals surface area contributed by atoms with Gasteiger partial charge in [-0.1, -0.05) is 5.21 Å². The van der Waals surface area contributed by atoms with Gasteiger partial charge in [-0.15, -0.1) is 9.93 Å². The van der Waals surface area contributed by atoms with Crippen molar-refractivity contribution in [3.63, 3.8) is 0 Å². The second kappa shape index (κ2) is 3.93. The van der Waals surface area contributed by atoms with Crippen LogP contribution in [0.4, 0.5) is 0 Å². The van der Waals surface area contributed by atoms with E-state index in [0.717, 1.165) is 0 Å². The predicted octanol–water partition coefficient (Wildman–Crippen LogP) is -0.667. The Morgan fingerprint density at radius 3 is 2.43 bits per heavy atom. The van der Waals surface area contributed by atoms with Gasteiger partial charge in [0.15, 0.2) is 4.60 Å². The van der Waals surface area contributed by atoms with E-state index in [1.165, 1.54) is 16.7 Å². The van der Waals surface area contributed by atoms with Gasteiger partial charge in [0.1, 0.15) is 0 Å². The number of hydrogen-bond donors (Lipinski definition) is 1. The standard InChI is InChI=1S/C5H10BrN5O2S/c1-10(2)9-14(12,13)5-4(6)7-8-11(5)3/h9H,1-3H3. The van der Waals surface area contributed by atoms with E-state index in [0.29, 0.717) is 0 Å². The summed E-state index contributed by atoms with van der Waals surface area (Å²) in [4.78, 5) is 2.28. The van der Waals surface area contributed by atoms with E-state index in [1.807, 2.05) is 0 Å². The van der Waals surface area contributed by atoms with Crippen molar-refractivity contribution in [2.45, 2.75) is 5.03 Å². The first kappa shape index (κ1) is 11.6. The third-order valence-electron chi connectivity index (χ3n) is 1.29. The van der Waals surface area contributed by atoms with E-state index in [-0.39, 0.29) is 9.63 Å². The first-order valence-electron chi connectivity index (χ1n) is 3.59. The van der Waals surface area contributed by atoms with Gasteiger partial charge in [0.05, 0.1) is 0 Å². The van der Waals surface area contributed by atoms with Crippen LogP contribution in [0, 0.1) is 0 Å². The summed E-state index contributed by atoms with van der Waals surface area (Å²) >= 11 is 3.01. The molecular weight excluding hydrogens is 274 g/mol. The second-order valence-corrected chi connectivity index (χ2v) is 5.13. The number of nitrogens with zero attached hydrogens (tertiary/aromatic N) is 4. The molecule has 0 bridgehead atoms. The molecule has 1 aromatic heterocycles. The molecule has 1 heterocycles. The van der Waals surface area contributed by atoms with Crippen molar-refractivity contribution in [1.82, 2.24) is 24.8 Å². The summed E-state index contributed by atoms with van der Waals surface area (Å²) in [7, 11) is 1.05. The number of aryl methyl sites for hydroxylation is 1. The maximum atomic E-state index is 11.7. The Hall–Kier alpha value is -0.510. The van der Waals surface area contributed by atoms with E-state index in [1.54, 1.807) is 14.1 Å². The molecule has 80 valence electrons. The third-order valence-corrected chi connectivity index (χ3v) is 3.66. The van der Waals surface area contributed by atoms with Crippen LogP contribution in [-0.4, -0.2) is 42.5 Å². The zero-order chi connectivity index (χ0) is 10.9. The third kappa shape index (κ3) is 2.29. The maximum absolute atomic E-state index is 11.7. The van der Waals surface area contributed by atoms with Crippen molar-refractivity contribution < 1.29 is 8.42 Å². The SMILES string of the molecule is CN(C)NS(=O)(=O)c1c(Br)nnn1C. The number of hydrazine groups is 1. The lowest BCUT2D eigenvalue weighted by Gasteiger charge is -2.11. The smallest absolute Gasteiger partial charge is 0.237 e. The van der Waals surface area contributed by atoms with Crippen LogP contribution < -0.4 is 4.83 Å². The van der Waals surface area contributed by atoms with Crippen LogP contribution in [0.1, 0.15) is 0 Å². The molecular formula is C5H10BrN5O2S. The lowest BCUT2D eigenvalue weighted by atomic mass is 10.9. The summed E-state index contributed by atoms with van der Waals surface area (Å²) in [6.07, 6.45) is 0. The number of hydrogen-bond acceptors (Lipinski definition) is 5. The van der Waals surface area contributed by atoms with Crippen molar-refractivity contribution in [2.75, 3.05) is 14.1 Å². The zero-order valence-electron chi connectivity index (χ0n) is 7.89. The Kier molecular flexibility index (Phi) is 3.24. The monoisotopic (exact) mass is 283 g/mol. The Balaban J connectivity index is 3.17. The Morgan fingerprint density at radius 1 is 1.50 bits per heavy atom. The minimum Gasteiger partial charge on any atom is -0.237 e. The highest BCUT2D eigenvalue weighted by atomic mass is 79.9. The molecule has 1 aromatic rings. The van der Waals surface area contributed by atoms with Crippen molar-refractivity contribution in [3.8, 4) is 0 Å². The highest BCUT2D eigenvalue weighted by molar-refractivity contribution is 9.10. The second-order valence-electron chi connectivity index (χ2n) is 2.80. The molecule has 0 aliphatic rings. The van der Waals surface area contributed by atoms with Crippen molar-refractivity contribution >= 4 is 26.0 Å². The Morgan fingerprint density at radius 2 is 2.07 bits per heavy atom. The number of aromatic nitrogens is 3. The zero-order valence-corrected chi connectivity index (χ0v) is 10.3. The van der Waals surface area contributed by atoms with Crippen molar-refractivity contribution in [3.05, 3.63) is 4.60 Å². The summed E-state index contributed by atoms with van der Waals surface area (Å²) in [6.45, 7) is 0. The predicted molar refractivity (Wildman–Crippen MR) is 52.7 cm³/mol. The highest BCUT2D eigenvalue weighted by Gasteiger charge is 2.24. The van der Waals surface area contributed by atoms with Crippen LogP contribution in [0.5, 0.6) is 0 Å². The molecule has 0 aliphatic heterocycles. The molecule has 7 nitrogen and oxygen atoms in total. The molecule has 0 spiro atoms. The van der Waals surface area contributed by atoms with Gasteiger partial charge < -0.3 is 0 Å². The molecule has 9 heteroatoms. The average Bonchev–Trinajstić information content (AvgIpc) is 2.27. The van der Waals surface area contributed by atoms with E-state index >= 15 is 0 Å². The van der Waals surface area contributed by atoms with Crippen molar-refractivity contribution in [1.29, 1.82) is 0 Å². The lowest BCUT2D eigenvalue weighted by molar-refractivity contribution is 0.361. The number of halogens is 1. The quantitative estimate of drug-likeness (QED) is 0.745. The van der Waals surface area contributed by atoms with Crippen LogP contribution in [0.2, 0.25) is 0 Å². The highest BCUT2D eigenvalue weighted by Crippen LogP contribution is 2.17. The van der Waals surface area contributed by atoms with Crippen LogP contribution in [0.3, 0.4) is 0 Å². The molecule has 0 saturated heterocycles. The lowest BCUT2D eigenvalue weighted by Crippen LogP contribution is -2.37. The fraction of sp³-hybridized carbons (Fsp3) is 0.600. The van der Waals surface area contributed by atoms with Crippen LogP contribution in [-0.2, 0) is 17.1 Å². The van der Waals surface area contributed by atoms with Crippen LogP contribution in [0.25, 0.3) is 0 Å². The largest absolute Gasteiger partial charge is 0.273 e. The van der Waals surface area contributed by atoms with Gasteiger partial charge in [-0.2, -0.15) is 0 Å². The molecule has 1 rings (SSSR count). The summed E-state index contributed by atoms with van der Waals surface area (Å²) in [5.41, 5.74) is 0. The summed E-state index contributed by atoms with van der Waals surface area (Å²) < 4.78 is 24.7.